The standard InChI is InChI=1S/C18H29N3O5S.ClH/c1-3-25-16-9-8-14(10-17(16)26-4-2)27(23,24)20-12-18(22)21-15-7-5-6-13(15)11-19;/h8-10,13,15,20H,3-7,11-12,19H2,1-2H3,(H,21,22);1H. The van der Waals surface area contributed by atoms with Crippen LogP contribution in [0.3, 0.4) is 0 Å². The molecule has 0 spiro atoms. The van der Waals surface area contributed by atoms with E-state index in [1.54, 1.807) is 13.0 Å². The highest BCUT2D eigenvalue weighted by molar-refractivity contribution is 7.89. The van der Waals surface area contributed by atoms with Gasteiger partial charge in [-0.1, -0.05) is 6.42 Å². The molecule has 2 unspecified atom stereocenters. The summed E-state index contributed by atoms with van der Waals surface area (Å²) in [7, 11) is -3.85. The Bertz CT molecular complexity index is 745. The third-order valence-electron chi connectivity index (χ3n) is 4.56. The van der Waals surface area contributed by atoms with Crippen LogP contribution in [0, 0.1) is 5.92 Å². The van der Waals surface area contributed by atoms with E-state index in [9.17, 15) is 13.2 Å². The maximum atomic E-state index is 12.5. The van der Waals surface area contributed by atoms with Crippen molar-refractivity contribution in [3.63, 3.8) is 0 Å². The lowest BCUT2D eigenvalue weighted by Crippen LogP contribution is -2.44. The van der Waals surface area contributed by atoms with Crippen molar-refractivity contribution in [2.75, 3.05) is 26.3 Å². The number of benzene rings is 1. The number of hydrogen-bond acceptors (Lipinski definition) is 6. The molecule has 2 atom stereocenters. The largest absolute Gasteiger partial charge is 0.490 e. The molecule has 1 amide bonds. The van der Waals surface area contributed by atoms with Crippen LogP contribution in [0.2, 0.25) is 0 Å². The molecule has 0 saturated heterocycles. The van der Waals surface area contributed by atoms with E-state index >= 15 is 0 Å². The number of carbonyl (C=O) groups excluding carboxylic acids is 1. The van der Waals surface area contributed by atoms with E-state index in [0.717, 1.165) is 19.3 Å². The van der Waals surface area contributed by atoms with Crippen LogP contribution in [0.15, 0.2) is 23.1 Å². The Morgan fingerprint density at radius 3 is 2.50 bits per heavy atom. The highest BCUT2D eigenvalue weighted by Gasteiger charge is 2.27. The summed E-state index contributed by atoms with van der Waals surface area (Å²) in [6, 6.07) is 4.39. The number of sulfonamides is 1. The van der Waals surface area contributed by atoms with Crippen molar-refractivity contribution in [2.45, 2.75) is 44.0 Å². The van der Waals surface area contributed by atoms with E-state index in [2.05, 4.69) is 10.0 Å². The fraction of sp³-hybridized carbons (Fsp3) is 0.611. The second-order valence-electron chi connectivity index (χ2n) is 6.40. The molecule has 2 rings (SSSR count). The maximum Gasteiger partial charge on any atom is 0.241 e. The van der Waals surface area contributed by atoms with Gasteiger partial charge in [0.15, 0.2) is 11.5 Å². The van der Waals surface area contributed by atoms with E-state index in [4.69, 9.17) is 15.2 Å². The number of ether oxygens (including phenoxy) is 2. The summed E-state index contributed by atoms with van der Waals surface area (Å²) in [4.78, 5) is 12.1. The highest BCUT2D eigenvalue weighted by atomic mass is 35.5. The van der Waals surface area contributed by atoms with E-state index in [1.807, 2.05) is 6.92 Å². The molecule has 160 valence electrons. The van der Waals surface area contributed by atoms with Crippen LogP contribution in [0.25, 0.3) is 0 Å². The smallest absolute Gasteiger partial charge is 0.241 e. The van der Waals surface area contributed by atoms with Gasteiger partial charge in [0.25, 0.3) is 0 Å². The van der Waals surface area contributed by atoms with Crippen LogP contribution < -0.4 is 25.2 Å². The minimum atomic E-state index is -3.85. The SMILES string of the molecule is CCOc1ccc(S(=O)(=O)NCC(=O)NC2CCCC2CN)cc1OCC.Cl. The number of nitrogens with two attached hydrogens (primary N) is 1. The molecule has 1 aliphatic rings. The van der Waals surface area contributed by atoms with Crippen LogP contribution in [0.4, 0.5) is 0 Å². The molecule has 0 aliphatic heterocycles. The fourth-order valence-electron chi connectivity index (χ4n) is 3.21. The zero-order chi connectivity index (χ0) is 19.9. The predicted octanol–water partition coefficient (Wildman–Crippen LogP) is 1.43. The minimum absolute atomic E-state index is 0. The van der Waals surface area contributed by atoms with Gasteiger partial charge in [0, 0.05) is 12.1 Å². The molecule has 1 aromatic rings. The molecule has 4 N–H and O–H groups in total. The molecule has 0 bridgehead atoms. The first-order valence-electron chi connectivity index (χ1n) is 9.30. The number of amides is 1. The number of carbonyl (C=O) groups is 1. The first kappa shape index (κ1) is 24.5. The Morgan fingerprint density at radius 1 is 1.18 bits per heavy atom. The summed E-state index contributed by atoms with van der Waals surface area (Å²) in [6.07, 6.45) is 2.88. The number of halogens is 1. The van der Waals surface area contributed by atoms with Gasteiger partial charge < -0.3 is 20.5 Å². The maximum absolute atomic E-state index is 12.5. The summed E-state index contributed by atoms with van der Waals surface area (Å²) in [6.45, 7) is 4.65. The third-order valence-corrected chi connectivity index (χ3v) is 5.96. The monoisotopic (exact) mass is 435 g/mol. The topological polar surface area (TPSA) is 120 Å². The molecule has 8 nitrogen and oxygen atoms in total. The van der Waals surface area contributed by atoms with Crippen LogP contribution in [-0.4, -0.2) is 46.7 Å². The molecule has 1 aliphatic carbocycles. The minimum Gasteiger partial charge on any atom is -0.490 e. The van der Waals surface area contributed by atoms with Gasteiger partial charge in [-0.15, -0.1) is 12.4 Å². The van der Waals surface area contributed by atoms with Gasteiger partial charge in [-0.3, -0.25) is 4.79 Å². The molecular formula is C18H30ClN3O5S. The molecule has 10 heteroatoms. The average Bonchev–Trinajstić information content (AvgIpc) is 3.09. The Kier molecular flexibility index (Phi) is 10.0. The third kappa shape index (κ3) is 6.51. The van der Waals surface area contributed by atoms with Gasteiger partial charge in [-0.05, 0) is 51.3 Å². The number of hydrogen-bond donors (Lipinski definition) is 3. The Hall–Kier alpha value is -1.55. The Morgan fingerprint density at radius 2 is 1.86 bits per heavy atom. The van der Waals surface area contributed by atoms with Crippen LogP contribution in [0.1, 0.15) is 33.1 Å². The van der Waals surface area contributed by atoms with Gasteiger partial charge in [0.2, 0.25) is 15.9 Å². The van der Waals surface area contributed by atoms with Gasteiger partial charge in [0.1, 0.15) is 0 Å². The average molecular weight is 436 g/mol. The summed E-state index contributed by atoms with van der Waals surface area (Å²) in [5.41, 5.74) is 5.71. The molecular weight excluding hydrogens is 406 g/mol. The first-order valence-corrected chi connectivity index (χ1v) is 10.8. The van der Waals surface area contributed by atoms with E-state index in [-0.39, 0.29) is 41.7 Å². The quantitative estimate of drug-likeness (QED) is 0.511. The first-order chi connectivity index (χ1) is 12.9. The lowest BCUT2D eigenvalue weighted by molar-refractivity contribution is -0.120. The van der Waals surface area contributed by atoms with Crippen LogP contribution in [-0.2, 0) is 14.8 Å². The molecule has 0 radical (unpaired) electrons. The Labute approximate surface area is 173 Å². The normalized spacial score (nSPS) is 19.0. The van der Waals surface area contributed by atoms with Crippen molar-refractivity contribution in [3.05, 3.63) is 18.2 Å². The van der Waals surface area contributed by atoms with Crippen molar-refractivity contribution in [1.82, 2.24) is 10.0 Å². The van der Waals surface area contributed by atoms with Gasteiger partial charge >= 0.3 is 0 Å². The van der Waals surface area contributed by atoms with Crippen molar-refractivity contribution >= 4 is 28.3 Å². The Balaban J connectivity index is 0.00000392. The summed E-state index contributed by atoms with van der Waals surface area (Å²) < 4.78 is 38.3. The molecule has 1 fully saturated rings. The molecule has 28 heavy (non-hydrogen) atoms. The predicted molar refractivity (Wildman–Crippen MR) is 110 cm³/mol. The summed E-state index contributed by atoms with van der Waals surface area (Å²) >= 11 is 0. The van der Waals surface area contributed by atoms with Gasteiger partial charge in [0.05, 0.1) is 24.7 Å². The van der Waals surface area contributed by atoms with Gasteiger partial charge in [-0.2, -0.15) is 0 Å². The number of nitrogens with one attached hydrogen (secondary N) is 2. The van der Waals surface area contributed by atoms with Crippen molar-refractivity contribution < 1.29 is 22.7 Å². The number of rotatable bonds is 10. The lowest BCUT2D eigenvalue weighted by atomic mass is 10.0. The van der Waals surface area contributed by atoms with Gasteiger partial charge in [-0.25, -0.2) is 13.1 Å². The van der Waals surface area contributed by atoms with Crippen molar-refractivity contribution in [3.8, 4) is 11.5 Å². The van der Waals surface area contributed by atoms with Crippen LogP contribution >= 0.6 is 12.4 Å². The second-order valence-corrected chi connectivity index (χ2v) is 8.17. The molecule has 0 aromatic heterocycles. The zero-order valence-corrected chi connectivity index (χ0v) is 17.9. The molecule has 0 heterocycles. The molecule has 1 saturated carbocycles. The molecule has 1 aromatic carbocycles. The van der Waals surface area contributed by atoms with Crippen molar-refractivity contribution in [1.29, 1.82) is 0 Å². The zero-order valence-electron chi connectivity index (χ0n) is 16.3. The van der Waals surface area contributed by atoms with Crippen LogP contribution in [0.5, 0.6) is 11.5 Å². The lowest BCUT2D eigenvalue weighted by Gasteiger charge is -2.19. The fourth-order valence-corrected chi connectivity index (χ4v) is 4.21. The highest BCUT2D eigenvalue weighted by Crippen LogP contribution is 2.30. The van der Waals surface area contributed by atoms with E-state index in [0.29, 0.717) is 31.3 Å². The summed E-state index contributed by atoms with van der Waals surface area (Å²) in [5.74, 6) is 0.721. The van der Waals surface area contributed by atoms with E-state index in [1.165, 1.54) is 12.1 Å². The second kappa shape index (κ2) is 11.5. The summed E-state index contributed by atoms with van der Waals surface area (Å²) in [5, 5.41) is 2.87. The van der Waals surface area contributed by atoms with Crippen molar-refractivity contribution in [2.24, 2.45) is 11.7 Å². The van der Waals surface area contributed by atoms with E-state index < -0.39 is 10.0 Å².